The van der Waals surface area contributed by atoms with E-state index in [0.29, 0.717) is 32.6 Å². The van der Waals surface area contributed by atoms with Crippen LogP contribution in [-0.4, -0.2) is 72.3 Å². The van der Waals surface area contributed by atoms with Crippen LogP contribution >= 0.6 is 0 Å². The molecule has 1 saturated heterocycles. The van der Waals surface area contributed by atoms with Gasteiger partial charge in [0.1, 0.15) is 0 Å². The van der Waals surface area contributed by atoms with Gasteiger partial charge in [0.2, 0.25) is 0 Å². The first-order chi connectivity index (χ1) is 12.4. The first-order valence-electron chi connectivity index (χ1n) is 9.12. The van der Waals surface area contributed by atoms with Gasteiger partial charge in [-0.2, -0.15) is 17.0 Å². The molecule has 1 aromatic rings. The summed E-state index contributed by atoms with van der Waals surface area (Å²) < 4.78 is 29.4. The normalized spacial score (nSPS) is 22.8. The Kier molecular flexibility index (Phi) is 5.96. The lowest BCUT2D eigenvalue weighted by Gasteiger charge is -2.32. The lowest BCUT2D eigenvalue weighted by Crippen LogP contribution is -2.46. The molecule has 1 unspecified atom stereocenters. The van der Waals surface area contributed by atoms with Crippen molar-refractivity contribution in [2.45, 2.75) is 38.3 Å². The maximum Gasteiger partial charge on any atom is 0.317 e. The molecule has 1 atom stereocenters. The number of hydrogen-bond acceptors (Lipinski definition) is 4. The second-order valence-electron chi connectivity index (χ2n) is 7.15. The van der Waals surface area contributed by atoms with Gasteiger partial charge in [-0.05, 0) is 43.9 Å². The minimum absolute atomic E-state index is 0.0136. The molecule has 0 spiro atoms. The van der Waals surface area contributed by atoms with Crippen LogP contribution in [0, 0.1) is 0 Å². The van der Waals surface area contributed by atoms with Crippen molar-refractivity contribution in [2.24, 2.45) is 0 Å². The van der Waals surface area contributed by atoms with Crippen LogP contribution in [0.3, 0.4) is 0 Å². The van der Waals surface area contributed by atoms with E-state index in [1.165, 1.54) is 5.56 Å². The smallest absolute Gasteiger partial charge is 0.317 e. The zero-order chi connectivity index (χ0) is 18.7. The molecular weight excluding hydrogens is 354 g/mol. The van der Waals surface area contributed by atoms with Crippen molar-refractivity contribution in [3.05, 3.63) is 35.4 Å². The Bertz CT molecular complexity index is 753. The number of hydrogen-bond donors (Lipinski definition) is 1. The molecule has 0 radical (unpaired) electrons. The largest absolute Gasteiger partial charge is 0.480 e. The molecule has 1 fully saturated rings. The van der Waals surface area contributed by atoms with Crippen LogP contribution in [0.1, 0.15) is 30.4 Å². The quantitative estimate of drug-likeness (QED) is 0.828. The van der Waals surface area contributed by atoms with E-state index in [1.807, 2.05) is 23.1 Å². The van der Waals surface area contributed by atoms with Gasteiger partial charge in [-0.15, -0.1) is 0 Å². The van der Waals surface area contributed by atoms with Crippen molar-refractivity contribution in [1.29, 1.82) is 0 Å². The average molecular weight is 381 g/mol. The third kappa shape index (κ3) is 4.25. The van der Waals surface area contributed by atoms with E-state index in [0.717, 1.165) is 24.8 Å². The molecule has 2 aliphatic heterocycles. The van der Waals surface area contributed by atoms with Crippen molar-refractivity contribution in [1.82, 2.24) is 13.5 Å². The zero-order valence-corrected chi connectivity index (χ0v) is 16.0. The van der Waals surface area contributed by atoms with E-state index in [4.69, 9.17) is 5.11 Å². The standard InChI is InChI=1S/C18H27N3O4S/c1-19(14-18(22)23)17-7-4-10-20(12-9-17)26(24,25)21-11-8-15-5-2-3-6-16(15)13-21/h2-3,5-6,17H,4,7-14H2,1H3,(H,22,23). The predicted molar refractivity (Wildman–Crippen MR) is 99.0 cm³/mol. The minimum Gasteiger partial charge on any atom is -0.480 e. The number of likely N-dealkylation sites (N-methyl/N-ethyl adjacent to an activating group) is 1. The molecular formula is C18H27N3O4S. The Morgan fingerprint density at radius 1 is 1.15 bits per heavy atom. The number of carboxylic acid groups (broad SMARTS) is 1. The third-order valence-electron chi connectivity index (χ3n) is 5.41. The highest BCUT2D eigenvalue weighted by molar-refractivity contribution is 7.86. The summed E-state index contributed by atoms with van der Waals surface area (Å²) in [5.41, 5.74) is 2.31. The summed E-state index contributed by atoms with van der Waals surface area (Å²) in [4.78, 5) is 12.7. The van der Waals surface area contributed by atoms with Crippen LogP contribution in [0.5, 0.6) is 0 Å². The third-order valence-corrected chi connectivity index (χ3v) is 7.39. The summed E-state index contributed by atoms with van der Waals surface area (Å²) in [5.74, 6) is -0.854. The fourth-order valence-corrected chi connectivity index (χ4v) is 5.54. The topological polar surface area (TPSA) is 81.2 Å². The Balaban J connectivity index is 1.66. The molecule has 0 aromatic heterocycles. The lowest BCUT2D eigenvalue weighted by atomic mass is 10.0. The van der Waals surface area contributed by atoms with Crippen LogP contribution in [0.25, 0.3) is 0 Å². The predicted octanol–water partition coefficient (Wildman–Crippen LogP) is 1.16. The number of aliphatic carboxylic acids is 1. The van der Waals surface area contributed by atoms with Crippen molar-refractivity contribution >= 4 is 16.2 Å². The van der Waals surface area contributed by atoms with Crippen LogP contribution in [0.4, 0.5) is 0 Å². The molecule has 8 heteroatoms. The maximum atomic E-state index is 13.1. The Labute approximate surface area is 155 Å². The summed E-state index contributed by atoms with van der Waals surface area (Å²) in [6.07, 6.45) is 2.97. The molecule has 3 rings (SSSR count). The number of fused-ring (bicyclic) bond motifs is 1. The van der Waals surface area contributed by atoms with Crippen LogP contribution in [-0.2, 0) is 28.0 Å². The summed E-state index contributed by atoms with van der Waals surface area (Å²) >= 11 is 0. The summed E-state index contributed by atoms with van der Waals surface area (Å²) in [5, 5.41) is 8.96. The molecule has 7 nitrogen and oxygen atoms in total. The Morgan fingerprint density at radius 2 is 1.88 bits per heavy atom. The van der Waals surface area contributed by atoms with Crippen molar-refractivity contribution < 1.29 is 18.3 Å². The molecule has 1 N–H and O–H groups in total. The summed E-state index contributed by atoms with van der Waals surface area (Å²) in [6, 6.07) is 8.10. The van der Waals surface area contributed by atoms with Gasteiger partial charge >= 0.3 is 5.97 Å². The molecule has 0 bridgehead atoms. The molecule has 0 amide bonds. The van der Waals surface area contributed by atoms with E-state index in [-0.39, 0.29) is 12.6 Å². The fourth-order valence-electron chi connectivity index (χ4n) is 3.90. The minimum atomic E-state index is -3.49. The van der Waals surface area contributed by atoms with Crippen LogP contribution < -0.4 is 0 Å². The summed E-state index contributed by atoms with van der Waals surface area (Å²) in [7, 11) is -1.70. The van der Waals surface area contributed by atoms with Crippen molar-refractivity contribution in [3.8, 4) is 0 Å². The molecule has 26 heavy (non-hydrogen) atoms. The number of rotatable bonds is 5. The number of nitrogens with zero attached hydrogens (tertiary/aromatic N) is 3. The first-order valence-corrected chi connectivity index (χ1v) is 10.5. The lowest BCUT2D eigenvalue weighted by molar-refractivity contribution is -0.138. The fraction of sp³-hybridized carbons (Fsp3) is 0.611. The SMILES string of the molecule is CN(CC(=O)O)C1CCCN(S(=O)(=O)N2CCc3ccccc3C2)CC1. The number of benzene rings is 1. The van der Waals surface area contributed by atoms with E-state index in [1.54, 1.807) is 15.7 Å². The van der Waals surface area contributed by atoms with Gasteiger partial charge in [0, 0.05) is 32.2 Å². The number of carbonyl (C=O) groups is 1. The van der Waals surface area contributed by atoms with Crippen molar-refractivity contribution in [3.63, 3.8) is 0 Å². The van der Waals surface area contributed by atoms with Gasteiger partial charge in [-0.1, -0.05) is 24.3 Å². The van der Waals surface area contributed by atoms with Crippen molar-refractivity contribution in [2.75, 3.05) is 33.2 Å². The van der Waals surface area contributed by atoms with E-state index < -0.39 is 16.2 Å². The van der Waals surface area contributed by atoms with E-state index >= 15 is 0 Å². The molecule has 0 saturated carbocycles. The highest BCUT2D eigenvalue weighted by Gasteiger charge is 2.34. The van der Waals surface area contributed by atoms with Gasteiger partial charge in [0.25, 0.3) is 10.2 Å². The second kappa shape index (κ2) is 8.04. The summed E-state index contributed by atoms with van der Waals surface area (Å²) in [6.45, 7) is 1.86. The van der Waals surface area contributed by atoms with Gasteiger partial charge in [0.05, 0.1) is 6.54 Å². The highest BCUT2D eigenvalue weighted by atomic mass is 32.2. The first kappa shape index (κ1) is 19.3. The van der Waals surface area contributed by atoms with Crippen LogP contribution in [0.15, 0.2) is 24.3 Å². The second-order valence-corrected chi connectivity index (χ2v) is 9.08. The molecule has 144 valence electrons. The van der Waals surface area contributed by atoms with E-state index in [9.17, 15) is 13.2 Å². The Hall–Kier alpha value is -1.48. The molecule has 2 heterocycles. The average Bonchev–Trinajstić information content (AvgIpc) is 2.87. The Morgan fingerprint density at radius 3 is 2.62 bits per heavy atom. The molecule has 1 aromatic carbocycles. The molecule has 0 aliphatic carbocycles. The van der Waals surface area contributed by atoms with Gasteiger partial charge < -0.3 is 5.11 Å². The van der Waals surface area contributed by atoms with Gasteiger partial charge in [-0.25, -0.2) is 0 Å². The monoisotopic (exact) mass is 381 g/mol. The van der Waals surface area contributed by atoms with E-state index in [2.05, 4.69) is 6.07 Å². The van der Waals surface area contributed by atoms with Crippen LogP contribution in [0.2, 0.25) is 0 Å². The molecule has 2 aliphatic rings. The zero-order valence-electron chi connectivity index (χ0n) is 15.2. The van der Waals surface area contributed by atoms with Gasteiger partial charge in [0.15, 0.2) is 0 Å². The highest BCUT2D eigenvalue weighted by Crippen LogP contribution is 2.25. The van der Waals surface area contributed by atoms with Gasteiger partial charge in [-0.3, -0.25) is 9.69 Å². The number of carboxylic acids is 1. The maximum absolute atomic E-state index is 13.1.